The molecule has 22 heavy (non-hydrogen) atoms. The van der Waals surface area contributed by atoms with Crippen LogP contribution in [0.4, 0.5) is 5.69 Å². The minimum Gasteiger partial charge on any atom is -0.320 e. The van der Waals surface area contributed by atoms with Crippen LogP contribution in [0.2, 0.25) is 0 Å². The quantitative estimate of drug-likeness (QED) is 0.755. The van der Waals surface area contributed by atoms with Crippen molar-refractivity contribution in [2.24, 2.45) is 0 Å². The van der Waals surface area contributed by atoms with Gasteiger partial charge in [0.2, 0.25) is 0 Å². The lowest BCUT2D eigenvalue weighted by molar-refractivity contribution is 0.103. The van der Waals surface area contributed by atoms with Gasteiger partial charge in [0.05, 0.1) is 14.4 Å². The molecule has 0 atom stereocenters. The number of nitrogens with one attached hydrogen (secondary N) is 1. The van der Waals surface area contributed by atoms with E-state index in [1.54, 1.807) is 18.3 Å². The molecule has 3 rings (SSSR count). The van der Waals surface area contributed by atoms with Gasteiger partial charge in [0.15, 0.2) is 0 Å². The number of pyridine rings is 1. The number of aromatic nitrogens is 1. The summed E-state index contributed by atoms with van der Waals surface area (Å²) in [4.78, 5) is 24.7. The molecular formula is C16H11BrN2O2S. The summed E-state index contributed by atoms with van der Waals surface area (Å²) in [5.41, 5.74) is 1.17. The Balaban J connectivity index is 1.90. The summed E-state index contributed by atoms with van der Waals surface area (Å²) in [5, 5.41) is 2.80. The molecule has 0 unspecified atom stereocenters. The number of hydrogen-bond donors (Lipinski definition) is 1. The molecule has 1 amide bonds. The molecule has 0 aliphatic heterocycles. The van der Waals surface area contributed by atoms with Crippen molar-refractivity contribution in [3.63, 3.8) is 0 Å². The highest BCUT2D eigenvalue weighted by molar-refractivity contribution is 9.11. The van der Waals surface area contributed by atoms with Gasteiger partial charge in [-0.3, -0.25) is 14.2 Å². The predicted molar refractivity (Wildman–Crippen MR) is 92.0 cm³/mol. The van der Waals surface area contributed by atoms with Crippen LogP contribution in [0.3, 0.4) is 0 Å². The Hall–Kier alpha value is -2.18. The van der Waals surface area contributed by atoms with Crippen molar-refractivity contribution in [3.8, 4) is 5.69 Å². The molecule has 1 N–H and O–H groups in total. The number of rotatable bonds is 3. The SMILES string of the molecule is O=C(Nc1ccc(=O)n(-c2ccccc2)c1)c1ccc(Br)s1. The van der Waals surface area contributed by atoms with E-state index in [1.165, 1.54) is 22.0 Å². The number of anilines is 1. The van der Waals surface area contributed by atoms with Crippen molar-refractivity contribution in [1.29, 1.82) is 0 Å². The van der Waals surface area contributed by atoms with Gasteiger partial charge in [-0.25, -0.2) is 0 Å². The van der Waals surface area contributed by atoms with E-state index >= 15 is 0 Å². The summed E-state index contributed by atoms with van der Waals surface area (Å²) < 4.78 is 2.40. The van der Waals surface area contributed by atoms with Gasteiger partial charge < -0.3 is 5.32 Å². The monoisotopic (exact) mass is 374 g/mol. The van der Waals surface area contributed by atoms with Gasteiger partial charge in [-0.05, 0) is 46.3 Å². The molecule has 4 nitrogen and oxygen atoms in total. The fourth-order valence-electron chi connectivity index (χ4n) is 1.98. The van der Waals surface area contributed by atoms with E-state index < -0.39 is 0 Å². The van der Waals surface area contributed by atoms with Gasteiger partial charge in [0.1, 0.15) is 0 Å². The van der Waals surface area contributed by atoms with Crippen LogP contribution in [0.15, 0.2) is 69.4 Å². The van der Waals surface area contributed by atoms with Gasteiger partial charge in [-0.2, -0.15) is 0 Å². The smallest absolute Gasteiger partial charge is 0.265 e. The lowest BCUT2D eigenvalue weighted by Crippen LogP contribution is -2.18. The van der Waals surface area contributed by atoms with E-state index in [0.29, 0.717) is 10.6 Å². The third kappa shape index (κ3) is 3.18. The van der Waals surface area contributed by atoms with E-state index in [-0.39, 0.29) is 11.5 Å². The molecular weight excluding hydrogens is 364 g/mol. The van der Waals surface area contributed by atoms with Crippen LogP contribution < -0.4 is 10.9 Å². The van der Waals surface area contributed by atoms with Gasteiger partial charge >= 0.3 is 0 Å². The Kier molecular flexibility index (Phi) is 4.22. The normalized spacial score (nSPS) is 10.4. The zero-order valence-corrected chi connectivity index (χ0v) is 13.7. The second-order valence-electron chi connectivity index (χ2n) is 4.52. The molecule has 0 saturated carbocycles. The van der Waals surface area contributed by atoms with E-state index in [1.807, 2.05) is 36.4 Å². The molecule has 1 aromatic carbocycles. The molecule has 2 aromatic heterocycles. The predicted octanol–water partition coefficient (Wildman–Crippen LogP) is 3.91. The Bertz CT molecular complexity index is 871. The number of carbonyl (C=O) groups is 1. The molecule has 110 valence electrons. The maximum atomic E-state index is 12.2. The summed E-state index contributed by atoms with van der Waals surface area (Å²) >= 11 is 4.69. The first-order valence-corrected chi connectivity index (χ1v) is 8.09. The summed E-state index contributed by atoms with van der Waals surface area (Å²) in [6, 6.07) is 15.9. The van der Waals surface area contributed by atoms with Gasteiger partial charge in [-0.1, -0.05) is 18.2 Å². The molecule has 0 fully saturated rings. The summed E-state index contributed by atoms with van der Waals surface area (Å²) in [6.07, 6.45) is 1.62. The second kappa shape index (κ2) is 6.29. The third-order valence-corrected chi connectivity index (χ3v) is 4.62. The number of carbonyl (C=O) groups excluding carboxylic acids is 1. The largest absolute Gasteiger partial charge is 0.320 e. The fraction of sp³-hybridized carbons (Fsp3) is 0. The van der Waals surface area contributed by atoms with E-state index in [0.717, 1.165) is 9.47 Å². The standard InChI is InChI=1S/C16H11BrN2O2S/c17-14-8-7-13(22-14)16(21)18-11-6-9-15(20)19(10-11)12-4-2-1-3-5-12/h1-10H,(H,18,21). The highest BCUT2D eigenvalue weighted by atomic mass is 79.9. The Morgan fingerprint density at radius 3 is 2.50 bits per heavy atom. The average Bonchev–Trinajstić information content (AvgIpc) is 2.97. The van der Waals surface area contributed by atoms with Crippen LogP contribution in [0.5, 0.6) is 0 Å². The summed E-state index contributed by atoms with van der Waals surface area (Å²) in [6.45, 7) is 0. The number of nitrogens with zero attached hydrogens (tertiary/aromatic N) is 1. The first-order valence-electron chi connectivity index (χ1n) is 6.48. The number of thiophene rings is 1. The molecule has 0 radical (unpaired) electrons. The van der Waals surface area contributed by atoms with E-state index in [2.05, 4.69) is 21.2 Å². The van der Waals surface area contributed by atoms with E-state index in [4.69, 9.17) is 0 Å². The molecule has 6 heteroatoms. The van der Waals surface area contributed by atoms with Gasteiger partial charge in [-0.15, -0.1) is 11.3 Å². The number of halogens is 1. The first kappa shape index (κ1) is 14.7. The number of hydrogen-bond acceptors (Lipinski definition) is 3. The Labute approximate surface area is 139 Å². The lowest BCUT2D eigenvalue weighted by atomic mass is 10.3. The van der Waals surface area contributed by atoms with Crippen molar-refractivity contribution < 1.29 is 4.79 Å². The van der Waals surface area contributed by atoms with Crippen molar-refractivity contribution in [2.45, 2.75) is 0 Å². The van der Waals surface area contributed by atoms with Crippen LogP contribution in [0.25, 0.3) is 5.69 Å². The number of benzene rings is 1. The topological polar surface area (TPSA) is 51.1 Å². The van der Waals surface area contributed by atoms with Gasteiger partial charge in [0.25, 0.3) is 11.5 Å². The molecule has 3 aromatic rings. The molecule has 0 spiro atoms. The third-order valence-electron chi connectivity index (χ3n) is 3.00. The Morgan fingerprint density at radius 1 is 1.05 bits per heavy atom. The van der Waals surface area contributed by atoms with Crippen molar-refractivity contribution in [1.82, 2.24) is 4.57 Å². The van der Waals surface area contributed by atoms with Crippen molar-refractivity contribution in [2.75, 3.05) is 5.32 Å². The second-order valence-corrected chi connectivity index (χ2v) is 6.98. The highest BCUT2D eigenvalue weighted by Crippen LogP contribution is 2.23. The van der Waals surface area contributed by atoms with Gasteiger partial charge in [0, 0.05) is 18.0 Å². The Morgan fingerprint density at radius 2 is 1.82 bits per heavy atom. The summed E-state index contributed by atoms with van der Waals surface area (Å²) in [7, 11) is 0. The molecule has 2 heterocycles. The zero-order valence-electron chi connectivity index (χ0n) is 11.3. The molecule has 0 aliphatic rings. The fourth-order valence-corrected chi connectivity index (χ4v) is 3.26. The highest BCUT2D eigenvalue weighted by Gasteiger charge is 2.10. The lowest BCUT2D eigenvalue weighted by Gasteiger charge is -2.09. The average molecular weight is 375 g/mol. The molecule has 0 aliphatic carbocycles. The van der Waals surface area contributed by atoms with Crippen LogP contribution in [0, 0.1) is 0 Å². The maximum Gasteiger partial charge on any atom is 0.265 e. The minimum absolute atomic E-state index is 0.150. The number of amides is 1. The van der Waals surface area contributed by atoms with Crippen LogP contribution in [-0.4, -0.2) is 10.5 Å². The maximum absolute atomic E-state index is 12.2. The summed E-state index contributed by atoms with van der Waals surface area (Å²) in [5.74, 6) is -0.200. The van der Waals surface area contributed by atoms with Crippen LogP contribution in [-0.2, 0) is 0 Å². The van der Waals surface area contributed by atoms with Crippen LogP contribution in [0.1, 0.15) is 9.67 Å². The zero-order chi connectivity index (χ0) is 15.5. The molecule has 0 saturated heterocycles. The van der Waals surface area contributed by atoms with Crippen LogP contribution >= 0.6 is 27.3 Å². The van der Waals surface area contributed by atoms with E-state index in [9.17, 15) is 9.59 Å². The van der Waals surface area contributed by atoms with Crippen molar-refractivity contribution in [3.05, 3.63) is 79.8 Å². The molecule has 0 bridgehead atoms. The minimum atomic E-state index is -0.200. The first-order chi connectivity index (χ1) is 10.6. The van der Waals surface area contributed by atoms with Crippen molar-refractivity contribution >= 4 is 38.9 Å². The number of para-hydroxylation sites is 1.